The van der Waals surface area contributed by atoms with Crippen LogP contribution in [0.5, 0.6) is 11.5 Å². The van der Waals surface area contributed by atoms with Crippen molar-refractivity contribution in [3.05, 3.63) is 24.3 Å². The van der Waals surface area contributed by atoms with Gasteiger partial charge in [-0.3, -0.25) is 0 Å². The maximum absolute atomic E-state index is 5.01. The van der Waals surface area contributed by atoms with Crippen LogP contribution in [0.2, 0.25) is 0 Å². The van der Waals surface area contributed by atoms with Crippen LogP contribution in [0.25, 0.3) is 0 Å². The van der Waals surface area contributed by atoms with E-state index in [0.29, 0.717) is 0 Å². The van der Waals surface area contributed by atoms with Gasteiger partial charge in [-0.1, -0.05) is 12.1 Å². The van der Waals surface area contributed by atoms with Gasteiger partial charge in [-0.15, -0.1) is 12.4 Å². The van der Waals surface area contributed by atoms with E-state index in [1.165, 1.54) is 0 Å². The third kappa shape index (κ3) is 2.31. The molecule has 0 bridgehead atoms. The molecule has 2 nitrogen and oxygen atoms in total. The molecular formula is C8H11ClO2. The molecule has 0 heterocycles. The quantitative estimate of drug-likeness (QED) is 0.684. The first kappa shape index (κ1) is 10.1. The van der Waals surface area contributed by atoms with Crippen molar-refractivity contribution in [2.24, 2.45) is 0 Å². The van der Waals surface area contributed by atoms with Crippen molar-refractivity contribution in [2.75, 3.05) is 14.2 Å². The monoisotopic (exact) mass is 174 g/mol. The van der Waals surface area contributed by atoms with Gasteiger partial charge in [0, 0.05) is 0 Å². The lowest BCUT2D eigenvalue weighted by molar-refractivity contribution is 0.355. The molecule has 0 aliphatic heterocycles. The second-order valence-corrected chi connectivity index (χ2v) is 1.85. The van der Waals surface area contributed by atoms with Gasteiger partial charge >= 0.3 is 0 Å². The molecule has 0 atom stereocenters. The molecule has 0 aromatic heterocycles. The minimum Gasteiger partial charge on any atom is -0.493 e. The summed E-state index contributed by atoms with van der Waals surface area (Å²) in [6, 6.07) is 7.53. The lowest BCUT2D eigenvalue weighted by Crippen LogP contribution is -1.88. The van der Waals surface area contributed by atoms with Gasteiger partial charge in [0.15, 0.2) is 11.5 Å². The van der Waals surface area contributed by atoms with Crippen LogP contribution in [-0.2, 0) is 0 Å². The maximum Gasteiger partial charge on any atom is 0.160 e. The van der Waals surface area contributed by atoms with Gasteiger partial charge in [0.25, 0.3) is 0 Å². The van der Waals surface area contributed by atoms with Gasteiger partial charge in [0.05, 0.1) is 14.2 Å². The number of ether oxygens (including phenoxy) is 2. The zero-order valence-electron chi connectivity index (χ0n) is 6.53. The molecule has 1 rings (SSSR count). The molecule has 0 unspecified atom stereocenters. The van der Waals surface area contributed by atoms with E-state index in [2.05, 4.69) is 0 Å². The zero-order chi connectivity index (χ0) is 7.40. The Balaban J connectivity index is 0.000001000. The summed E-state index contributed by atoms with van der Waals surface area (Å²) in [5.74, 6) is 1.54. The van der Waals surface area contributed by atoms with Gasteiger partial charge < -0.3 is 9.47 Å². The van der Waals surface area contributed by atoms with Gasteiger partial charge in [0.1, 0.15) is 0 Å². The van der Waals surface area contributed by atoms with E-state index in [1.807, 2.05) is 24.3 Å². The predicted octanol–water partition coefficient (Wildman–Crippen LogP) is 2.13. The number of halogens is 1. The second-order valence-electron chi connectivity index (χ2n) is 1.85. The van der Waals surface area contributed by atoms with E-state index in [9.17, 15) is 0 Å². The molecule has 3 heteroatoms. The van der Waals surface area contributed by atoms with Crippen molar-refractivity contribution in [3.63, 3.8) is 0 Å². The molecule has 11 heavy (non-hydrogen) atoms. The lowest BCUT2D eigenvalue weighted by atomic mass is 10.3. The summed E-state index contributed by atoms with van der Waals surface area (Å²) in [5.41, 5.74) is 0. The summed E-state index contributed by atoms with van der Waals surface area (Å²) in [5, 5.41) is 0. The average Bonchev–Trinajstić information content (AvgIpc) is 2.04. The standard InChI is InChI=1S/C8H10O2.ClH/c1-9-7-5-3-4-6-8(7)10-2;/h3-6H,1-2H3;1H. The Morgan fingerprint density at radius 3 is 1.55 bits per heavy atom. The molecule has 0 saturated carbocycles. The summed E-state index contributed by atoms with van der Waals surface area (Å²) < 4.78 is 10.0. The van der Waals surface area contributed by atoms with Gasteiger partial charge in [0.2, 0.25) is 0 Å². The van der Waals surface area contributed by atoms with Gasteiger partial charge in [-0.25, -0.2) is 0 Å². The van der Waals surface area contributed by atoms with Crippen molar-refractivity contribution < 1.29 is 9.47 Å². The van der Waals surface area contributed by atoms with Crippen LogP contribution < -0.4 is 9.47 Å². The molecular weight excluding hydrogens is 164 g/mol. The SMILES string of the molecule is COc1ccccc1OC.Cl. The Bertz CT molecular complexity index is 190. The number of para-hydroxylation sites is 2. The predicted molar refractivity (Wildman–Crippen MR) is 46.8 cm³/mol. The Morgan fingerprint density at radius 2 is 1.27 bits per heavy atom. The molecule has 0 aliphatic rings. The lowest BCUT2D eigenvalue weighted by Gasteiger charge is -2.04. The Morgan fingerprint density at radius 1 is 0.909 bits per heavy atom. The van der Waals surface area contributed by atoms with E-state index in [0.717, 1.165) is 11.5 Å². The highest BCUT2D eigenvalue weighted by Crippen LogP contribution is 2.24. The number of methoxy groups -OCH3 is 2. The van der Waals surface area contributed by atoms with Crippen molar-refractivity contribution in [2.45, 2.75) is 0 Å². The van der Waals surface area contributed by atoms with Crippen molar-refractivity contribution >= 4 is 12.4 Å². The fourth-order valence-electron chi connectivity index (χ4n) is 0.787. The van der Waals surface area contributed by atoms with E-state index in [-0.39, 0.29) is 12.4 Å². The third-order valence-corrected chi connectivity index (χ3v) is 1.29. The molecule has 1 aromatic rings. The number of benzene rings is 1. The Hall–Kier alpha value is -0.890. The van der Waals surface area contributed by atoms with E-state index < -0.39 is 0 Å². The summed E-state index contributed by atoms with van der Waals surface area (Å²) in [4.78, 5) is 0. The minimum atomic E-state index is 0. The summed E-state index contributed by atoms with van der Waals surface area (Å²) in [6.07, 6.45) is 0. The highest BCUT2D eigenvalue weighted by molar-refractivity contribution is 5.85. The molecule has 1 aromatic carbocycles. The second kappa shape index (κ2) is 4.85. The summed E-state index contributed by atoms with van der Waals surface area (Å²) in [6.45, 7) is 0. The third-order valence-electron chi connectivity index (χ3n) is 1.29. The Kier molecular flexibility index (Phi) is 4.46. The van der Waals surface area contributed by atoms with Crippen LogP contribution in [0, 0.1) is 0 Å². The van der Waals surface area contributed by atoms with E-state index in [1.54, 1.807) is 14.2 Å². The topological polar surface area (TPSA) is 18.5 Å². The van der Waals surface area contributed by atoms with Crippen LogP contribution in [0.1, 0.15) is 0 Å². The first-order valence-electron chi connectivity index (χ1n) is 3.05. The van der Waals surface area contributed by atoms with Crippen LogP contribution in [0.3, 0.4) is 0 Å². The average molecular weight is 175 g/mol. The number of hydrogen-bond donors (Lipinski definition) is 0. The molecule has 0 radical (unpaired) electrons. The van der Waals surface area contributed by atoms with Gasteiger partial charge in [-0.05, 0) is 12.1 Å². The largest absolute Gasteiger partial charge is 0.493 e. The molecule has 62 valence electrons. The summed E-state index contributed by atoms with van der Waals surface area (Å²) >= 11 is 0. The minimum absolute atomic E-state index is 0. The first-order valence-corrected chi connectivity index (χ1v) is 3.05. The van der Waals surface area contributed by atoms with Crippen molar-refractivity contribution in [1.29, 1.82) is 0 Å². The molecule has 0 amide bonds. The zero-order valence-corrected chi connectivity index (χ0v) is 7.35. The molecule has 0 fully saturated rings. The smallest absolute Gasteiger partial charge is 0.160 e. The van der Waals surface area contributed by atoms with Crippen LogP contribution in [-0.4, -0.2) is 14.2 Å². The summed E-state index contributed by atoms with van der Waals surface area (Å²) in [7, 11) is 3.25. The van der Waals surface area contributed by atoms with Crippen LogP contribution >= 0.6 is 12.4 Å². The molecule has 0 N–H and O–H groups in total. The van der Waals surface area contributed by atoms with E-state index in [4.69, 9.17) is 9.47 Å². The fraction of sp³-hybridized carbons (Fsp3) is 0.250. The van der Waals surface area contributed by atoms with Crippen molar-refractivity contribution in [1.82, 2.24) is 0 Å². The van der Waals surface area contributed by atoms with Gasteiger partial charge in [-0.2, -0.15) is 0 Å². The highest BCUT2D eigenvalue weighted by Gasteiger charge is 1.97. The Labute approximate surface area is 72.5 Å². The highest BCUT2D eigenvalue weighted by atomic mass is 35.5. The van der Waals surface area contributed by atoms with Crippen LogP contribution in [0.15, 0.2) is 24.3 Å². The first-order chi connectivity index (χ1) is 4.88. The fourth-order valence-corrected chi connectivity index (χ4v) is 0.787. The number of rotatable bonds is 2. The maximum atomic E-state index is 5.01. The normalized spacial score (nSPS) is 8.18. The van der Waals surface area contributed by atoms with E-state index >= 15 is 0 Å². The molecule has 0 saturated heterocycles. The van der Waals surface area contributed by atoms with Crippen LogP contribution in [0.4, 0.5) is 0 Å². The molecule has 0 spiro atoms. The number of hydrogen-bond acceptors (Lipinski definition) is 2. The molecule has 0 aliphatic carbocycles. The van der Waals surface area contributed by atoms with Crippen molar-refractivity contribution in [3.8, 4) is 11.5 Å².